The molecule has 96 valence electrons. The van der Waals surface area contributed by atoms with E-state index >= 15 is 0 Å². The molecule has 5 nitrogen and oxygen atoms in total. The summed E-state index contributed by atoms with van der Waals surface area (Å²) >= 11 is 1.23. The molecule has 0 amide bonds. The van der Waals surface area contributed by atoms with Crippen LogP contribution < -0.4 is 5.32 Å². The van der Waals surface area contributed by atoms with Gasteiger partial charge in [0.05, 0.1) is 11.2 Å². The van der Waals surface area contributed by atoms with Gasteiger partial charge in [0.15, 0.2) is 4.21 Å². The molecular formula is C10H17N3O2S2. The van der Waals surface area contributed by atoms with Crippen LogP contribution in [0.1, 0.15) is 18.9 Å². The highest BCUT2D eigenvalue weighted by molar-refractivity contribution is 7.91. The lowest BCUT2D eigenvalue weighted by molar-refractivity contribution is 0.220. The molecule has 1 aromatic heterocycles. The number of hydrogen-bond acceptors (Lipinski definition) is 5. The first-order chi connectivity index (χ1) is 7.93. The number of nitrogens with zero attached hydrogens (tertiary/aromatic N) is 2. The number of nitrogens with one attached hydrogen (secondary N) is 1. The molecule has 2 atom stereocenters. The summed E-state index contributed by atoms with van der Waals surface area (Å²) in [6.07, 6.45) is 1.46. The molecule has 2 rings (SSSR count). The van der Waals surface area contributed by atoms with E-state index in [1.807, 2.05) is 20.8 Å². The minimum Gasteiger partial charge on any atom is -0.314 e. The maximum Gasteiger partial charge on any atom is 0.254 e. The molecule has 0 aromatic carbocycles. The molecule has 1 aliphatic rings. The second kappa shape index (κ2) is 4.64. The maximum atomic E-state index is 12.5. The highest BCUT2D eigenvalue weighted by Crippen LogP contribution is 2.26. The van der Waals surface area contributed by atoms with Crippen molar-refractivity contribution in [1.82, 2.24) is 14.6 Å². The van der Waals surface area contributed by atoms with Crippen molar-refractivity contribution in [1.29, 1.82) is 0 Å². The molecule has 2 heterocycles. The Morgan fingerprint density at radius 1 is 1.41 bits per heavy atom. The highest BCUT2D eigenvalue weighted by atomic mass is 32.2. The van der Waals surface area contributed by atoms with Crippen molar-refractivity contribution in [2.24, 2.45) is 0 Å². The minimum atomic E-state index is -3.39. The fourth-order valence-corrected chi connectivity index (χ4v) is 5.19. The molecular weight excluding hydrogens is 258 g/mol. The second-order valence-corrected chi connectivity index (χ2v) is 7.69. The van der Waals surface area contributed by atoms with Crippen molar-refractivity contribution in [3.8, 4) is 0 Å². The van der Waals surface area contributed by atoms with Crippen molar-refractivity contribution in [3.63, 3.8) is 0 Å². The molecule has 0 aliphatic carbocycles. The van der Waals surface area contributed by atoms with Crippen molar-refractivity contribution < 1.29 is 8.42 Å². The molecule has 0 spiro atoms. The number of aromatic nitrogens is 1. The van der Waals surface area contributed by atoms with E-state index in [4.69, 9.17) is 0 Å². The van der Waals surface area contributed by atoms with Crippen LogP contribution >= 0.6 is 11.3 Å². The number of rotatable bonds is 2. The van der Waals surface area contributed by atoms with Gasteiger partial charge in [0, 0.05) is 25.2 Å². The zero-order chi connectivity index (χ0) is 12.6. The van der Waals surface area contributed by atoms with Gasteiger partial charge in [-0.2, -0.15) is 4.31 Å². The summed E-state index contributed by atoms with van der Waals surface area (Å²) in [6, 6.07) is -0.0442. The van der Waals surface area contributed by atoms with Crippen LogP contribution in [0.5, 0.6) is 0 Å². The predicted molar refractivity (Wildman–Crippen MR) is 67.7 cm³/mol. The van der Waals surface area contributed by atoms with Gasteiger partial charge in [0.1, 0.15) is 0 Å². The number of thiazole rings is 1. The number of hydrogen-bond donors (Lipinski definition) is 1. The first kappa shape index (κ1) is 12.9. The molecule has 0 saturated carbocycles. The smallest absolute Gasteiger partial charge is 0.254 e. The van der Waals surface area contributed by atoms with Crippen LogP contribution in [0.15, 0.2) is 10.4 Å². The normalized spacial score (nSPS) is 27.2. The molecule has 1 N–H and O–H groups in total. The molecule has 17 heavy (non-hydrogen) atoms. The lowest BCUT2D eigenvalue weighted by Gasteiger charge is -2.37. The Labute approximate surface area is 106 Å². The standard InChI is InChI=1S/C10H17N3O2S2/c1-7-4-11-5-8(2)13(7)17(14,15)10-6-12-9(3)16-10/h6-8,11H,4-5H2,1-3H3. The third-order valence-corrected chi connectivity index (χ3v) is 6.36. The average molecular weight is 275 g/mol. The summed E-state index contributed by atoms with van der Waals surface area (Å²) in [6.45, 7) is 7.05. The van der Waals surface area contributed by atoms with E-state index in [9.17, 15) is 8.42 Å². The van der Waals surface area contributed by atoms with Crippen LogP contribution in [-0.2, 0) is 10.0 Å². The van der Waals surface area contributed by atoms with Crippen LogP contribution in [0, 0.1) is 6.92 Å². The fourth-order valence-electron chi connectivity index (χ4n) is 2.15. The first-order valence-corrected chi connectivity index (χ1v) is 7.85. The quantitative estimate of drug-likeness (QED) is 0.868. The van der Waals surface area contributed by atoms with Gasteiger partial charge in [-0.15, -0.1) is 11.3 Å². The van der Waals surface area contributed by atoms with E-state index in [-0.39, 0.29) is 12.1 Å². The van der Waals surface area contributed by atoms with Crippen molar-refractivity contribution in [2.75, 3.05) is 13.1 Å². The Morgan fingerprint density at radius 2 is 2.00 bits per heavy atom. The van der Waals surface area contributed by atoms with E-state index in [0.717, 1.165) is 5.01 Å². The lowest BCUT2D eigenvalue weighted by Crippen LogP contribution is -2.56. The Hall–Kier alpha value is -0.500. The summed E-state index contributed by atoms with van der Waals surface area (Å²) in [5.41, 5.74) is 0. The van der Waals surface area contributed by atoms with Crippen molar-refractivity contribution in [3.05, 3.63) is 11.2 Å². The Morgan fingerprint density at radius 3 is 2.47 bits per heavy atom. The van der Waals surface area contributed by atoms with Crippen LogP contribution in [0.4, 0.5) is 0 Å². The minimum absolute atomic E-state index is 0.0221. The average Bonchev–Trinajstić information content (AvgIpc) is 2.64. The van der Waals surface area contributed by atoms with E-state index in [2.05, 4.69) is 10.3 Å². The second-order valence-electron chi connectivity index (χ2n) is 4.39. The molecule has 1 aliphatic heterocycles. The summed E-state index contributed by atoms with van der Waals surface area (Å²) < 4.78 is 26.9. The number of piperazine rings is 1. The Bertz CT molecular complexity index is 487. The van der Waals surface area contributed by atoms with E-state index < -0.39 is 10.0 Å². The Kier molecular flexibility index (Phi) is 3.53. The van der Waals surface area contributed by atoms with Gasteiger partial charge in [0.2, 0.25) is 0 Å². The number of sulfonamides is 1. The number of aryl methyl sites for hydroxylation is 1. The highest BCUT2D eigenvalue weighted by Gasteiger charge is 2.36. The first-order valence-electron chi connectivity index (χ1n) is 5.59. The third-order valence-electron chi connectivity index (χ3n) is 2.88. The van der Waals surface area contributed by atoms with Crippen LogP contribution in [0.25, 0.3) is 0 Å². The molecule has 7 heteroatoms. The van der Waals surface area contributed by atoms with Gasteiger partial charge in [-0.25, -0.2) is 13.4 Å². The fraction of sp³-hybridized carbons (Fsp3) is 0.700. The van der Waals surface area contributed by atoms with Crippen LogP contribution in [0.3, 0.4) is 0 Å². The van der Waals surface area contributed by atoms with Crippen LogP contribution in [-0.4, -0.2) is 42.9 Å². The topological polar surface area (TPSA) is 62.3 Å². The molecule has 2 unspecified atom stereocenters. The van der Waals surface area contributed by atoms with Gasteiger partial charge < -0.3 is 5.32 Å². The van der Waals surface area contributed by atoms with E-state index in [0.29, 0.717) is 17.3 Å². The summed E-state index contributed by atoms with van der Waals surface area (Å²) in [5.74, 6) is 0. The van der Waals surface area contributed by atoms with Gasteiger partial charge in [-0.3, -0.25) is 0 Å². The van der Waals surface area contributed by atoms with Gasteiger partial charge in [-0.05, 0) is 20.8 Å². The molecule has 0 bridgehead atoms. The SMILES string of the molecule is Cc1ncc(S(=O)(=O)N2C(C)CNCC2C)s1. The van der Waals surface area contributed by atoms with Gasteiger partial charge in [-0.1, -0.05) is 0 Å². The summed E-state index contributed by atoms with van der Waals surface area (Å²) in [4.78, 5) is 4.02. The van der Waals surface area contributed by atoms with E-state index in [1.165, 1.54) is 17.5 Å². The van der Waals surface area contributed by atoms with Gasteiger partial charge >= 0.3 is 0 Å². The van der Waals surface area contributed by atoms with Crippen molar-refractivity contribution >= 4 is 21.4 Å². The zero-order valence-corrected chi connectivity index (χ0v) is 11.8. The monoisotopic (exact) mass is 275 g/mol. The van der Waals surface area contributed by atoms with E-state index in [1.54, 1.807) is 4.31 Å². The zero-order valence-electron chi connectivity index (χ0n) is 10.2. The van der Waals surface area contributed by atoms with Crippen LogP contribution in [0.2, 0.25) is 0 Å². The largest absolute Gasteiger partial charge is 0.314 e. The van der Waals surface area contributed by atoms with Gasteiger partial charge in [0.25, 0.3) is 10.0 Å². The third kappa shape index (κ3) is 2.37. The summed E-state index contributed by atoms with van der Waals surface area (Å²) in [7, 11) is -3.39. The Balaban J connectivity index is 2.37. The molecule has 1 aromatic rings. The predicted octanol–water partition coefficient (Wildman–Crippen LogP) is 0.822. The molecule has 1 saturated heterocycles. The lowest BCUT2D eigenvalue weighted by atomic mass is 10.2. The molecule has 1 fully saturated rings. The van der Waals surface area contributed by atoms with Crippen molar-refractivity contribution in [2.45, 2.75) is 37.1 Å². The summed E-state index contributed by atoms with van der Waals surface area (Å²) in [5, 5.41) is 4.00. The molecule has 0 radical (unpaired) electrons. The maximum absolute atomic E-state index is 12.5.